The van der Waals surface area contributed by atoms with Gasteiger partial charge in [-0.2, -0.15) is 0 Å². The summed E-state index contributed by atoms with van der Waals surface area (Å²) in [5, 5.41) is 0. The predicted molar refractivity (Wildman–Crippen MR) is 2.06 cm³/mol. The van der Waals surface area contributed by atoms with Gasteiger partial charge >= 0.3 is 21.1 Å². The van der Waals surface area contributed by atoms with Crippen LogP contribution in [0.2, 0.25) is 0 Å². The molecule has 0 heterocycles. The van der Waals surface area contributed by atoms with Crippen LogP contribution in [0.15, 0.2) is 0 Å². The first-order valence-electron chi connectivity index (χ1n) is 0. The zero-order valence-corrected chi connectivity index (χ0v) is 5.70. The minimum absolute atomic E-state index is 0. The Labute approximate surface area is 59.2 Å². The van der Waals surface area contributed by atoms with Gasteiger partial charge in [-0.05, 0) is 0 Å². The van der Waals surface area contributed by atoms with Crippen molar-refractivity contribution >= 4 is 0 Å². The Kier molecular flexibility index (Phi) is 1260. The van der Waals surface area contributed by atoms with Crippen molar-refractivity contribution in [2.75, 3.05) is 0 Å². The summed E-state index contributed by atoms with van der Waals surface area (Å²) in [4.78, 5) is 0. The van der Waals surface area contributed by atoms with Crippen molar-refractivity contribution in [2.24, 2.45) is 0 Å². The summed E-state index contributed by atoms with van der Waals surface area (Å²) in [6.45, 7) is 0. The minimum atomic E-state index is 0. The normalized spacial score (nSPS) is 0. The molecule has 0 atom stereocenters. The Morgan fingerprint density at radius 2 is 0.600 bits per heavy atom. The van der Waals surface area contributed by atoms with Gasteiger partial charge in [0.05, 0.1) is 0 Å². The molecule has 0 amide bonds. The molecule has 0 aliphatic rings. The molecule has 0 aromatic rings. The number of hydrogen-bond acceptors (Lipinski definition) is 0. The average Bonchev–Trinajstić information content (AvgIpc) is 0. The molecule has 3 nitrogen and oxygen atoms in total. The standard InChI is InChI=1S/Mo.3O.Ti/q+6;3*-2;. The summed E-state index contributed by atoms with van der Waals surface area (Å²) in [7, 11) is 0. The van der Waals surface area contributed by atoms with Crippen LogP contribution in [0.25, 0.3) is 0 Å². The Morgan fingerprint density at radius 1 is 0.600 bits per heavy atom. The fraction of sp³-hybridized carbons (Fsp3) is 0. The van der Waals surface area contributed by atoms with E-state index >= 15 is 0 Å². The molecule has 0 aromatic carbocycles. The molecule has 5 heavy (non-hydrogen) atoms. The Morgan fingerprint density at radius 3 is 0.600 bits per heavy atom. The SMILES string of the molecule is [Mo+6].[O-2].[O-2].[O-2].[Ti]. The maximum atomic E-state index is 0. The summed E-state index contributed by atoms with van der Waals surface area (Å²) in [6.07, 6.45) is 0. The van der Waals surface area contributed by atoms with Gasteiger partial charge in [0, 0.05) is 21.7 Å². The molecule has 0 unspecified atom stereocenters. The van der Waals surface area contributed by atoms with Crippen LogP contribution in [0, 0.1) is 0 Å². The maximum absolute atomic E-state index is 0. The molecular formula is MoO3Ti. The van der Waals surface area contributed by atoms with Crippen molar-refractivity contribution in [1.82, 2.24) is 0 Å². The third-order valence-electron chi connectivity index (χ3n) is 0. The molecule has 0 aliphatic heterocycles. The van der Waals surface area contributed by atoms with Crippen molar-refractivity contribution in [1.29, 1.82) is 0 Å². The Bertz CT molecular complexity index is 6.85. The van der Waals surface area contributed by atoms with Gasteiger partial charge in [-0.3, -0.25) is 0 Å². The van der Waals surface area contributed by atoms with Crippen LogP contribution in [0.4, 0.5) is 0 Å². The van der Waals surface area contributed by atoms with Crippen LogP contribution in [0.5, 0.6) is 0 Å². The van der Waals surface area contributed by atoms with Crippen molar-refractivity contribution in [3.05, 3.63) is 0 Å². The van der Waals surface area contributed by atoms with E-state index in [4.69, 9.17) is 0 Å². The first-order chi connectivity index (χ1) is 0. The van der Waals surface area contributed by atoms with Gasteiger partial charge in [0.25, 0.3) is 0 Å². The predicted octanol–water partition coefficient (Wildman–Crippen LogP) is -0.361. The van der Waals surface area contributed by atoms with Gasteiger partial charge < -0.3 is 16.4 Å². The van der Waals surface area contributed by atoms with E-state index in [1.165, 1.54) is 0 Å². The Hall–Kier alpha value is 1.28. The third kappa shape index (κ3) is 34.6. The van der Waals surface area contributed by atoms with E-state index in [1.807, 2.05) is 0 Å². The molecule has 28 valence electrons. The summed E-state index contributed by atoms with van der Waals surface area (Å²) < 4.78 is 0. The minimum Gasteiger partial charge on any atom is -2.00 e. The monoisotopic (exact) mass is 194 g/mol. The quantitative estimate of drug-likeness (QED) is 0.469. The molecular weight excluding hydrogens is 192 g/mol. The molecule has 0 fully saturated rings. The zero-order chi connectivity index (χ0) is 0. The molecule has 0 aromatic heterocycles. The van der Waals surface area contributed by atoms with E-state index in [0.29, 0.717) is 0 Å². The van der Waals surface area contributed by atoms with Crippen molar-refractivity contribution in [3.8, 4) is 0 Å². The molecule has 5 heteroatoms. The summed E-state index contributed by atoms with van der Waals surface area (Å²) in [5.41, 5.74) is 0. The Balaban J connectivity index is 0. The fourth-order valence-corrected chi connectivity index (χ4v) is 0. The third-order valence-corrected chi connectivity index (χ3v) is 0. The van der Waals surface area contributed by atoms with Crippen LogP contribution in [0.3, 0.4) is 0 Å². The maximum Gasteiger partial charge on any atom is 6.00 e. The van der Waals surface area contributed by atoms with E-state index in [1.54, 1.807) is 0 Å². The van der Waals surface area contributed by atoms with E-state index in [-0.39, 0.29) is 59.2 Å². The van der Waals surface area contributed by atoms with Crippen LogP contribution in [-0.2, 0) is 59.2 Å². The van der Waals surface area contributed by atoms with Gasteiger partial charge in [0.2, 0.25) is 0 Å². The first-order valence-corrected chi connectivity index (χ1v) is 0. The largest absolute Gasteiger partial charge is 6.00 e. The van der Waals surface area contributed by atoms with Gasteiger partial charge in [0.1, 0.15) is 0 Å². The fourth-order valence-electron chi connectivity index (χ4n) is 0. The second-order valence-electron chi connectivity index (χ2n) is 0. The topological polar surface area (TPSA) is 85.5 Å². The zero-order valence-electron chi connectivity index (χ0n) is 2.13. The second-order valence-corrected chi connectivity index (χ2v) is 0. The first kappa shape index (κ1) is 107. The average molecular weight is 192 g/mol. The summed E-state index contributed by atoms with van der Waals surface area (Å²) in [6, 6.07) is 0. The number of rotatable bonds is 0. The van der Waals surface area contributed by atoms with E-state index in [0.717, 1.165) is 0 Å². The smallest absolute Gasteiger partial charge is 2.00 e. The van der Waals surface area contributed by atoms with Crippen molar-refractivity contribution in [3.63, 3.8) is 0 Å². The van der Waals surface area contributed by atoms with E-state index in [9.17, 15) is 0 Å². The van der Waals surface area contributed by atoms with Gasteiger partial charge in [-0.15, -0.1) is 0 Å². The molecule has 0 bridgehead atoms. The van der Waals surface area contributed by atoms with Crippen LogP contribution in [0.1, 0.15) is 0 Å². The van der Waals surface area contributed by atoms with Crippen LogP contribution >= 0.6 is 0 Å². The summed E-state index contributed by atoms with van der Waals surface area (Å²) >= 11 is 0. The molecule has 0 saturated heterocycles. The molecule has 0 radical (unpaired) electrons. The molecule has 0 saturated carbocycles. The molecule has 0 rings (SSSR count). The molecule has 0 N–H and O–H groups in total. The molecule has 0 spiro atoms. The molecule has 0 aliphatic carbocycles. The van der Waals surface area contributed by atoms with Crippen LogP contribution < -0.4 is 0 Å². The van der Waals surface area contributed by atoms with E-state index < -0.39 is 0 Å². The van der Waals surface area contributed by atoms with Crippen LogP contribution in [-0.4, -0.2) is 0 Å². The van der Waals surface area contributed by atoms with Gasteiger partial charge in [-0.25, -0.2) is 0 Å². The van der Waals surface area contributed by atoms with Crippen molar-refractivity contribution in [2.45, 2.75) is 0 Å². The second kappa shape index (κ2) is 58.9. The summed E-state index contributed by atoms with van der Waals surface area (Å²) in [5.74, 6) is 0. The van der Waals surface area contributed by atoms with E-state index in [2.05, 4.69) is 0 Å². The van der Waals surface area contributed by atoms with Gasteiger partial charge in [-0.1, -0.05) is 0 Å². The van der Waals surface area contributed by atoms with Crippen molar-refractivity contribution < 1.29 is 59.2 Å². The van der Waals surface area contributed by atoms with Gasteiger partial charge in [0.15, 0.2) is 0 Å². The number of hydrogen-bond donors (Lipinski definition) is 0.